The van der Waals surface area contributed by atoms with E-state index in [1.807, 2.05) is 73.7 Å². The second-order valence-electron chi connectivity index (χ2n) is 8.38. The molecule has 0 saturated carbocycles. The second kappa shape index (κ2) is 13.4. The number of aliphatic hydroxyl groups is 1. The van der Waals surface area contributed by atoms with Crippen LogP contribution in [0.5, 0.6) is 0 Å². The summed E-state index contributed by atoms with van der Waals surface area (Å²) >= 11 is 6.04. The molecule has 34 heavy (non-hydrogen) atoms. The van der Waals surface area contributed by atoms with Crippen LogP contribution in [0, 0.1) is 12.8 Å². The van der Waals surface area contributed by atoms with Crippen LogP contribution in [-0.4, -0.2) is 34.4 Å². The third-order valence-corrected chi connectivity index (χ3v) is 6.90. The minimum atomic E-state index is -1.43. The molecular formula is C27H31ClN2O3S. The summed E-state index contributed by atoms with van der Waals surface area (Å²) in [6.07, 6.45) is 0.629. The van der Waals surface area contributed by atoms with Crippen molar-refractivity contribution < 1.29 is 14.1 Å². The van der Waals surface area contributed by atoms with E-state index in [1.165, 1.54) is 0 Å². The molecule has 0 bridgehead atoms. The molecule has 0 fully saturated rings. The van der Waals surface area contributed by atoms with Crippen molar-refractivity contribution in [2.24, 2.45) is 5.92 Å². The van der Waals surface area contributed by atoms with Gasteiger partial charge in [0.25, 0.3) is 0 Å². The lowest BCUT2D eigenvalue weighted by Gasteiger charge is -2.20. The highest BCUT2D eigenvalue weighted by atomic mass is 35.5. The van der Waals surface area contributed by atoms with Crippen molar-refractivity contribution in [1.29, 1.82) is 0 Å². The van der Waals surface area contributed by atoms with E-state index < -0.39 is 23.0 Å². The SMILES string of the molecule is Cc1ccc(S(=O)NCC(O)CC(Cc2ccccc2)C(=O)NCCc2cccc(Cl)c2)cc1. The fourth-order valence-corrected chi connectivity index (χ4v) is 4.78. The number of amides is 1. The highest BCUT2D eigenvalue weighted by Gasteiger charge is 2.23. The normalized spacial score (nSPS) is 13.7. The van der Waals surface area contributed by atoms with E-state index in [0.29, 0.717) is 29.3 Å². The molecule has 1 amide bonds. The Morgan fingerprint density at radius 3 is 2.41 bits per heavy atom. The summed E-state index contributed by atoms with van der Waals surface area (Å²) in [5, 5.41) is 14.3. The number of hydrogen-bond donors (Lipinski definition) is 3. The number of benzene rings is 3. The molecule has 3 atom stereocenters. The zero-order valence-electron chi connectivity index (χ0n) is 19.2. The van der Waals surface area contributed by atoms with Gasteiger partial charge in [0.2, 0.25) is 5.91 Å². The molecule has 0 aromatic heterocycles. The summed E-state index contributed by atoms with van der Waals surface area (Å²) in [6.45, 7) is 2.58. The van der Waals surface area contributed by atoms with Crippen LogP contribution in [-0.2, 0) is 28.6 Å². The Kier molecular flexibility index (Phi) is 10.3. The fourth-order valence-electron chi connectivity index (χ4n) is 3.68. The Hall–Kier alpha value is -2.51. The molecule has 180 valence electrons. The van der Waals surface area contributed by atoms with Crippen molar-refractivity contribution in [2.75, 3.05) is 13.1 Å². The van der Waals surface area contributed by atoms with Crippen molar-refractivity contribution in [3.8, 4) is 0 Å². The lowest BCUT2D eigenvalue weighted by Crippen LogP contribution is -2.37. The number of aliphatic hydroxyl groups excluding tert-OH is 1. The molecule has 3 rings (SSSR count). The third-order valence-electron chi connectivity index (χ3n) is 5.54. The van der Waals surface area contributed by atoms with Gasteiger partial charge in [-0.2, -0.15) is 0 Å². The number of rotatable bonds is 12. The van der Waals surface area contributed by atoms with Crippen molar-refractivity contribution in [3.63, 3.8) is 0 Å². The van der Waals surface area contributed by atoms with Crippen molar-refractivity contribution in [1.82, 2.24) is 10.0 Å². The maximum Gasteiger partial charge on any atom is 0.223 e. The van der Waals surface area contributed by atoms with Gasteiger partial charge in [-0.1, -0.05) is 71.8 Å². The average Bonchev–Trinajstić information content (AvgIpc) is 2.83. The molecule has 0 heterocycles. The minimum Gasteiger partial charge on any atom is -0.392 e. The van der Waals surface area contributed by atoms with Gasteiger partial charge in [0.15, 0.2) is 0 Å². The van der Waals surface area contributed by atoms with Gasteiger partial charge in [0.1, 0.15) is 11.0 Å². The first-order valence-corrected chi connectivity index (χ1v) is 12.9. The van der Waals surface area contributed by atoms with E-state index >= 15 is 0 Å². The van der Waals surface area contributed by atoms with Crippen LogP contribution >= 0.6 is 11.6 Å². The van der Waals surface area contributed by atoms with Gasteiger partial charge < -0.3 is 10.4 Å². The smallest absolute Gasteiger partial charge is 0.223 e. The number of halogens is 1. The van der Waals surface area contributed by atoms with Crippen LogP contribution in [0.25, 0.3) is 0 Å². The Morgan fingerprint density at radius 1 is 1.00 bits per heavy atom. The maximum absolute atomic E-state index is 13.0. The van der Waals surface area contributed by atoms with Gasteiger partial charge >= 0.3 is 0 Å². The summed E-state index contributed by atoms with van der Waals surface area (Å²) in [5.74, 6) is -0.518. The molecule has 5 nitrogen and oxygen atoms in total. The number of carbonyl (C=O) groups is 1. The van der Waals surface area contributed by atoms with Gasteiger partial charge in [0, 0.05) is 24.0 Å². The highest BCUT2D eigenvalue weighted by molar-refractivity contribution is 7.83. The molecule has 3 aromatic carbocycles. The molecule has 0 spiro atoms. The topological polar surface area (TPSA) is 78.4 Å². The predicted octanol–water partition coefficient (Wildman–Crippen LogP) is 4.23. The molecule has 3 unspecified atom stereocenters. The number of nitrogens with one attached hydrogen (secondary N) is 2. The summed E-state index contributed by atoms with van der Waals surface area (Å²) in [4.78, 5) is 13.7. The van der Waals surface area contributed by atoms with Crippen LogP contribution in [0.2, 0.25) is 5.02 Å². The lowest BCUT2D eigenvalue weighted by molar-refractivity contribution is -0.125. The Balaban J connectivity index is 1.56. The van der Waals surface area contributed by atoms with Crippen LogP contribution < -0.4 is 10.0 Å². The van der Waals surface area contributed by atoms with Gasteiger partial charge in [-0.05, 0) is 61.6 Å². The Morgan fingerprint density at radius 2 is 1.71 bits per heavy atom. The largest absolute Gasteiger partial charge is 0.392 e. The molecule has 7 heteroatoms. The van der Waals surface area contributed by atoms with E-state index in [4.69, 9.17) is 11.6 Å². The van der Waals surface area contributed by atoms with Crippen molar-refractivity contribution in [2.45, 2.75) is 37.2 Å². The quantitative estimate of drug-likeness (QED) is 0.349. The minimum absolute atomic E-state index is 0.107. The van der Waals surface area contributed by atoms with Gasteiger partial charge in [-0.3, -0.25) is 4.79 Å². The molecule has 0 aliphatic carbocycles. The Labute approximate surface area is 209 Å². The molecular weight excluding hydrogens is 468 g/mol. The molecule has 0 aliphatic rings. The van der Waals surface area contributed by atoms with E-state index in [-0.39, 0.29) is 18.9 Å². The number of hydrogen-bond acceptors (Lipinski definition) is 3. The first-order chi connectivity index (χ1) is 16.4. The third kappa shape index (κ3) is 8.69. The molecule has 3 N–H and O–H groups in total. The average molecular weight is 499 g/mol. The van der Waals surface area contributed by atoms with Crippen LogP contribution in [0.4, 0.5) is 0 Å². The van der Waals surface area contributed by atoms with Crippen molar-refractivity contribution >= 4 is 28.5 Å². The van der Waals surface area contributed by atoms with Gasteiger partial charge in [0.05, 0.1) is 11.0 Å². The molecule has 0 radical (unpaired) electrons. The summed E-state index contributed by atoms with van der Waals surface area (Å²) in [5.41, 5.74) is 3.17. The zero-order chi connectivity index (χ0) is 24.3. The maximum atomic E-state index is 13.0. The fraction of sp³-hybridized carbons (Fsp3) is 0.296. The zero-order valence-corrected chi connectivity index (χ0v) is 20.8. The summed E-state index contributed by atoms with van der Waals surface area (Å²) < 4.78 is 15.3. The predicted molar refractivity (Wildman–Crippen MR) is 138 cm³/mol. The first kappa shape index (κ1) is 26.1. The van der Waals surface area contributed by atoms with Gasteiger partial charge in [-0.25, -0.2) is 8.93 Å². The van der Waals surface area contributed by atoms with E-state index in [0.717, 1.165) is 16.7 Å². The second-order valence-corrected chi connectivity index (χ2v) is 10.1. The van der Waals surface area contributed by atoms with Crippen molar-refractivity contribution in [3.05, 3.63) is 101 Å². The Bertz CT molecular complexity index is 1080. The van der Waals surface area contributed by atoms with E-state index in [9.17, 15) is 14.1 Å². The standard InChI is InChI=1S/C27H31ClN2O3S/c1-20-10-12-26(13-11-20)34(33)30-19-25(31)18-23(16-21-6-3-2-4-7-21)27(32)29-15-14-22-8-5-9-24(28)17-22/h2-13,17,23,25,30-31H,14-16,18-19H2,1H3,(H,29,32). The summed E-state index contributed by atoms with van der Waals surface area (Å²) in [6, 6.07) is 24.7. The lowest BCUT2D eigenvalue weighted by atomic mass is 9.92. The van der Waals surface area contributed by atoms with E-state index in [2.05, 4.69) is 10.0 Å². The van der Waals surface area contributed by atoms with Crippen LogP contribution in [0.3, 0.4) is 0 Å². The van der Waals surface area contributed by atoms with Crippen LogP contribution in [0.15, 0.2) is 83.8 Å². The number of aryl methyl sites for hydroxylation is 1. The molecule has 0 saturated heterocycles. The monoisotopic (exact) mass is 498 g/mol. The number of carbonyl (C=O) groups excluding carboxylic acids is 1. The highest BCUT2D eigenvalue weighted by Crippen LogP contribution is 2.16. The summed E-state index contributed by atoms with van der Waals surface area (Å²) in [7, 11) is -1.43. The van der Waals surface area contributed by atoms with Crippen LogP contribution in [0.1, 0.15) is 23.1 Å². The molecule has 0 aliphatic heterocycles. The van der Waals surface area contributed by atoms with Gasteiger partial charge in [-0.15, -0.1) is 0 Å². The molecule has 3 aromatic rings. The first-order valence-electron chi connectivity index (χ1n) is 11.4. The van der Waals surface area contributed by atoms with E-state index in [1.54, 1.807) is 12.1 Å².